The number of benzene rings is 1. The van der Waals surface area contributed by atoms with Crippen LogP contribution in [-0.2, 0) is 23.1 Å². The van der Waals surface area contributed by atoms with E-state index in [9.17, 15) is 13.2 Å². The second-order valence-corrected chi connectivity index (χ2v) is 10.3. The van der Waals surface area contributed by atoms with Gasteiger partial charge in [-0.3, -0.25) is 9.69 Å². The molecular weight excluding hydrogens is 430 g/mol. The summed E-state index contributed by atoms with van der Waals surface area (Å²) in [6, 6.07) is 8.62. The smallest absolute Gasteiger partial charge is 0.289 e. The van der Waals surface area contributed by atoms with E-state index < -0.39 is 10.0 Å². The summed E-state index contributed by atoms with van der Waals surface area (Å²) in [5.41, 5.74) is 1.59. The van der Waals surface area contributed by atoms with Gasteiger partial charge in [-0.1, -0.05) is 0 Å². The van der Waals surface area contributed by atoms with Crippen LogP contribution < -0.4 is 0 Å². The fourth-order valence-corrected chi connectivity index (χ4v) is 4.94. The van der Waals surface area contributed by atoms with Crippen LogP contribution in [-0.4, -0.2) is 78.3 Å². The van der Waals surface area contributed by atoms with E-state index in [1.165, 1.54) is 18.4 Å². The van der Waals surface area contributed by atoms with Crippen molar-refractivity contribution in [2.75, 3.05) is 40.3 Å². The summed E-state index contributed by atoms with van der Waals surface area (Å²) >= 11 is 0. The quantitative estimate of drug-likeness (QED) is 0.561. The second kappa shape index (κ2) is 8.68. The number of hydrogen-bond donors (Lipinski definition) is 0. The van der Waals surface area contributed by atoms with Gasteiger partial charge in [-0.2, -0.15) is 0 Å². The molecule has 172 valence electrons. The average Bonchev–Trinajstić information content (AvgIpc) is 3.35. The van der Waals surface area contributed by atoms with Crippen molar-refractivity contribution >= 4 is 27.0 Å². The van der Waals surface area contributed by atoms with Crippen molar-refractivity contribution in [2.24, 2.45) is 0 Å². The van der Waals surface area contributed by atoms with Crippen molar-refractivity contribution in [3.63, 3.8) is 0 Å². The molecule has 0 saturated carbocycles. The van der Waals surface area contributed by atoms with Crippen LogP contribution in [0.15, 0.2) is 39.6 Å². The Kier molecular flexibility index (Phi) is 6.11. The lowest BCUT2D eigenvalue weighted by Crippen LogP contribution is -2.48. The number of carbonyl (C=O) groups excluding carboxylic acids is 1. The van der Waals surface area contributed by atoms with Gasteiger partial charge in [-0.05, 0) is 44.2 Å². The van der Waals surface area contributed by atoms with Crippen LogP contribution in [0.4, 0.5) is 0 Å². The number of nitrogens with zero attached hydrogens (tertiary/aromatic N) is 5. The molecule has 9 nitrogen and oxygen atoms in total. The Morgan fingerprint density at radius 2 is 1.84 bits per heavy atom. The lowest BCUT2D eigenvalue weighted by Gasteiger charge is -2.34. The highest BCUT2D eigenvalue weighted by molar-refractivity contribution is 7.89. The number of carbonyl (C=O) groups is 1. The minimum Gasteiger partial charge on any atom is -0.456 e. The van der Waals surface area contributed by atoms with Crippen molar-refractivity contribution in [1.29, 1.82) is 0 Å². The molecule has 1 amide bonds. The zero-order valence-electron chi connectivity index (χ0n) is 18.9. The topological polar surface area (TPSA) is 91.9 Å². The molecule has 0 aliphatic carbocycles. The normalized spacial score (nSPS) is 15.7. The molecule has 3 aromatic rings. The van der Waals surface area contributed by atoms with Crippen molar-refractivity contribution < 1.29 is 17.6 Å². The number of aryl methyl sites for hydroxylation is 2. The molecule has 2 aromatic heterocycles. The number of imidazole rings is 1. The molecule has 0 radical (unpaired) electrons. The average molecular weight is 460 g/mol. The molecule has 0 N–H and O–H groups in total. The highest BCUT2D eigenvalue weighted by atomic mass is 32.2. The van der Waals surface area contributed by atoms with Gasteiger partial charge in [0.1, 0.15) is 11.6 Å². The molecule has 3 heterocycles. The fraction of sp³-hybridized carbons (Fsp3) is 0.455. The van der Waals surface area contributed by atoms with Crippen molar-refractivity contribution in [3.8, 4) is 0 Å². The molecule has 1 fully saturated rings. The molecule has 4 rings (SSSR count). The monoisotopic (exact) mass is 459 g/mol. The van der Waals surface area contributed by atoms with Crippen LogP contribution in [0.2, 0.25) is 0 Å². The van der Waals surface area contributed by atoms with Crippen LogP contribution in [0.3, 0.4) is 0 Å². The molecule has 1 saturated heterocycles. The fourth-order valence-electron chi connectivity index (χ4n) is 4.02. The molecule has 1 aliphatic rings. The van der Waals surface area contributed by atoms with E-state index in [0.717, 1.165) is 36.7 Å². The van der Waals surface area contributed by atoms with Crippen molar-refractivity contribution in [2.45, 2.75) is 31.8 Å². The first-order valence-electron chi connectivity index (χ1n) is 10.7. The molecule has 0 spiro atoms. The third kappa shape index (κ3) is 4.17. The number of amides is 1. The minimum atomic E-state index is -3.51. The van der Waals surface area contributed by atoms with Crippen molar-refractivity contribution in [3.05, 3.63) is 47.7 Å². The number of fused-ring (bicyclic) bond motifs is 1. The van der Waals surface area contributed by atoms with Gasteiger partial charge in [-0.15, -0.1) is 0 Å². The van der Waals surface area contributed by atoms with E-state index in [1.54, 1.807) is 24.3 Å². The largest absolute Gasteiger partial charge is 0.456 e. The van der Waals surface area contributed by atoms with Gasteiger partial charge in [0, 0.05) is 46.8 Å². The summed E-state index contributed by atoms with van der Waals surface area (Å²) in [7, 11) is -0.471. The van der Waals surface area contributed by atoms with Crippen molar-refractivity contribution in [1.82, 2.24) is 23.7 Å². The maximum atomic E-state index is 12.6. The summed E-state index contributed by atoms with van der Waals surface area (Å²) in [6.07, 6.45) is 0. The first kappa shape index (κ1) is 22.5. The van der Waals surface area contributed by atoms with Crippen LogP contribution in [0.25, 0.3) is 11.0 Å². The summed E-state index contributed by atoms with van der Waals surface area (Å²) in [5.74, 6) is 1.93. The summed E-state index contributed by atoms with van der Waals surface area (Å²) < 4.78 is 33.8. The summed E-state index contributed by atoms with van der Waals surface area (Å²) in [6.45, 7) is 7.97. The first-order chi connectivity index (χ1) is 15.2. The molecule has 1 aliphatic heterocycles. The van der Waals surface area contributed by atoms with Crippen LogP contribution in [0.5, 0.6) is 0 Å². The lowest BCUT2D eigenvalue weighted by atomic mass is 10.2. The Morgan fingerprint density at radius 1 is 1.12 bits per heavy atom. The molecule has 0 unspecified atom stereocenters. The maximum Gasteiger partial charge on any atom is 0.289 e. The van der Waals surface area contributed by atoms with E-state index in [0.29, 0.717) is 30.9 Å². The standard InChI is InChI=1S/C22H29N5O4S/c1-5-27-19-8-7-17(32(29,30)24(3)4)14-18(19)23-21(27)15-25-10-12-26(13-11-25)22(28)20-9-6-16(2)31-20/h6-9,14H,5,10-13,15H2,1-4H3. The van der Waals surface area contributed by atoms with E-state index in [2.05, 4.69) is 16.4 Å². The van der Waals surface area contributed by atoms with Gasteiger partial charge >= 0.3 is 0 Å². The maximum absolute atomic E-state index is 12.6. The highest BCUT2D eigenvalue weighted by Crippen LogP contribution is 2.23. The van der Waals surface area contributed by atoms with E-state index in [4.69, 9.17) is 9.40 Å². The van der Waals surface area contributed by atoms with Crippen LogP contribution in [0, 0.1) is 6.92 Å². The highest BCUT2D eigenvalue weighted by Gasteiger charge is 2.25. The van der Waals surface area contributed by atoms with Gasteiger partial charge in [-0.25, -0.2) is 17.7 Å². The molecule has 10 heteroatoms. The van der Waals surface area contributed by atoms with Crippen LogP contribution in [0.1, 0.15) is 29.1 Å². The summed E-state index contributed by atoms with van der Waals surface area (Å²) in [5, 5.41) is 0. The van der Waals surface area contributed by atoms with E-state index >= 15 is 0 Å². The Morgan fingerprint density at radius 3 is 2.44 bits per heavy atom. The Bertz CT molecular complexity index is 1240. The lowest BCUT2D eigenvalue weighted by molar-refractivity contribution is 0.0592. The van der Waals surface area contributed by atoms with Gasteiger partial charge in [0.15, 0.2) is 5.76 Å². The predicted octanol–water partition coefficient (Wildman–Crippen LogP) is 2.17. The minimum absolute atomic E-state index is 0.0758. The Labute approximate surface area is 188 Å². The summed E-state index contributed by atoms with van der Waals surface area (Å²) in [4.78, 5) is 21.7. The molecular formula is C22H29N5O4S. The van der Waals surface area contributed by atoms with Gasteiger partial charge in [0.2, 0.25) is 10.0 Å². The number of rotatable bonds is 6. The third-order valence-electron chi connectivity index (χ3n) is 5.87. The Hall–Kier alpha value is -2.69. The van der Waals surface area contributed by atoms with Crippen LogP contribution >= 0.6 is 0 Å². The molecule has 0 atom stereocenters. The predicted molar refractivity (Wildman–Crippen MR) is 121 cm³/mol. The molecule has 1 aromatic carbocycles. The van der Waals surface area contributed by atoms with E-state index in [1.807, 2.05) is 17.9 Å². The van der Waals surface area contributed by atoms with Gasteiger partial charge < -0.3 is 13.9 Å². The Balaban J connectivity index is 1.49. The zero-order chi connectivity index (χ0) is 23.0. The number of aromatic nitrogens is 2. The first-order valence-corrected chi connectivity index (χ1v) is 12.1. The SMILES string of the molecule is CCn1c(CN2CCN(C(=O)c3ccc(C)o3)CC2)nc2cc(S(=O)(=O)N(C)C)ccc21. The molecule has 0 bridgehead atoms. The number of hydrogen-bond acceptors (Lipinski definition) is 6. The van der Waals surface area contributed by atoms with Gasteiger partial charge in [0.25, 0.3) is 5.91 Å². The molecule has 32 heavy (non-hydrogen) atoms. The second-order valence-electron chi connectivity index (χ2n) is 8.19. The van der Waals surface area contributed by atoms with E-state index in [-0.39, 0.29) is 10.8 Å². The number of furan rings is 1. The third-order valence-corrected chi connectivity index (χ3v) is 7.68. The number of sulfonamides is 1. The number of piperazine rings is 1. The zero-order valence-corrected chi connectivity index (χ0v) is 19.7. The van der Waals surface area contributed by atoms with Gasteiger partial charge in [0.05, 0.1) is 22.5 Å².